The lowest BCUT2D eigenvalue weighted by Crippen LogP contribution is -2.40. The third kappa shape index (κ3) is 7.37. The zero-order valence-corrected chi connectivity index (χ0v) is 20.0. The number of hydrogen-bond donors (Lipinski definition) is 2. The third-order valence-corrected chi connectivity index (χ3v) is 6.96. The minimum absolute atomic E-state index is 0.0613. The molecule has 34 heavy (non-hydrogen) atoms. The van der Waals surface area contributed by atoms with Crippen LogP contribution in [-0.4, -0.2) is 65.9 Å². The number of amides is 2. The van der Waals surface area contributed by atoms with Gasteiger partial charge in [0.15, 0.2) is 0 Å². The summed E-state index contributed by atoms with van der Waals surface area (Å²) in [5.74, 6) is 0.112. The van der Waals surface area contributed by atoms with Crippen molar-refractivity contribution in [3.05, 3.63) is 65.5 Å². The van der Waals surface area contributed by atoms with Crippen LogP contribution < -0.4 is 10.6 Å². The van der Waals surface area contributed by atoms with Gasteiger partial charge in [0.2, 0.25) is 11.8 Å². The quantitative estimate of drug-likeness (QED) is 0.688. The molecule has 0 spiro atoms. The summed E-state index contributed by atoms with van der Waals surface area (Å²) in [5, 5.41) is 6.17. The first-order valence-corrected chi connectivity index (χ1v) is 12.6. The van der Waals surface area contributed by atoms with E-state index >= 15 is 0 Å². The van der Waals surface area contributed by atoms with Crippen molar-refractivity contribution in [1.29, 1.82) is 0 Å². The van der Waals surface area contributed by atoms with Crippen LogP contribution in [0.25, 0.3) is 0 Å². The van der Waals surface area contributed by atoms with Crippen LogP contribution in [-0.2, 0) is 29.1 Å². The smallest absolute Gasteiger partial charge is 0.223 e. The van der Waals surface area contributed by atoms with Crippen molar-refractivity contribution in [3.8, 4) is 0 Å². The Labute approximate surface area is 202 Å². The monoisotopic (exact) mass is 463 g/mol. The highest BCUT2D eigenvalue weighted by atomic mass is 16.2. The maximum Gasteiger partial charge on any atom is 0.223 e. The first kappa shape index (κ1) is 24.4. The van der Waals surface area contributed by atoms with Crippen LogP contribution in [0.3, 0.4) is 0 Å². The van der Waals surface area contributed by atoms with E-state index in [-0.39, 0.29) is 17.7 Å². The van der Waals surface area contributed by atoms with E-state index in [1.54, 1.807) is 12.4 Å². The lowest BCUT2D eigenvalue weighted by molar-refractivity contribution is -0.126. The molecule has 1 aromatic heterocycles. The van der Waals surface area contributed by atoms with Crippen molar-refractivity contribution in [3.63, 3.8) is 0 Å². The molecule has 3 heterocycles. The SMILES string of the molecule is O=C1CCN(Cc2ccncc2)CCCC(C(=O)NCCN2CCc3ccccc3C2)CCN1. The summed E-state index contributed by atoms with van der Waals surface area (Å²) in [4.78, 5) is 34.1. The van der Waals surface area contributed by atoms with E-state index in [4.69, 9.17) is 0 Å². The molecule has 0 saturated carbocycles. The maximum absolute atomic E-state index is 13.0. The summed E-state index contributed by atoms with van der Waals surface area (Å²) in [6.45, 7) is 6.48. The minimum atomic E-state index is -0.0664. The van der Waals surface area contributed by atoms with Gasteiger partial charge < -0.3 is 10.6 Å². The van der Waals surface area contributed by atoms with Crippen molar-refractivity contribution in [1.82, 2.24) is 25.4 Å². The molecule has 2 aliphatic rings. The van der Waals surface area contributed by atoms with Crippen molar-refractivity contribution in [2.75, 3.05) is 39.3 Å². The molecule has 1 saturated heterocycles. The first-order valence-electron chi connectivity index (χ1n) is 12.6. The summed E-state index contributed by atoms with van der Waals surface area (Å²) in [6, 6.07) is 12.7. The van der Waals surface area contributed by atoms with Crippen LogP contribution in [0.1, 0.15) is 42.4 Å². The van der Waals surface area contributed by atoms with E-state index in [9.17, 15) is 9.59 Å². The number of pyridine rings is 1. The molecule has 4 rings (SSSR count). The molecule has 1 fully saturated rings. The molecule has 7 heteroatoms. The molecule has 1 aromatic carbocycles. The topological polar surface area (TPSA) is 77.6 Å². The highest BCUT2D eigenvalue weighted by Gasteiger charge is 2.21. The molecule has 1 unspecified atom stereocenters. The fraction of sp³-hybridized carbons (Fsp3) is 0.519. The highest BCUT2D eigenvalue weighted by Crippen LogP contribution is 2.18. The van der Waals surface area contributed by atoms with Crippen LogP contribution in [0.5, 0.6) is 0 Å². The van der Waals surface area contributed by atoms with Crippen LogP contribution >= 0.6 is 0 Å². The number of rotatable bonds is 6. The van der Waals surface area contributed by atoms with Gasteiger partial charge in [0.1, 0.15) is 0 Å². The second kappa shape index (κ2) is 12.6. The Morgan fingerprint density at radius 3 is 2.65 bits per heavy atom. The number of carbonyl (C=O) groups is 2. The molecule has 2 amide bonds. The number of hydrogen-bond acceptors (Lipinski definition) is 5. The molecule has 2 N–H and O–H groups in total. The van der Waals surface area contributed by atoms with Gasteiger partial charge in [-0.25, -0.2) is 0 Å². The van der Waals surface area contributed by atoms with Gasteiger partial charge in [-0.15, -0.1) is 0 Å². The van der Waals surface area contributed by atoms with Gasteiger partial charge in [-0.05, 0) is 61.1 Å². The average Bonchev–Trinajstić information content (AvgIpc) is 2.90. The Bertz CT molecular complexity index is 936. The number of nitrogens with zero attached hydrogens (tertiary/aromatic N) is 3. The Kier molecular flexibility index (Phi) is 9.04. The predicted molar refractivity (Wildman–Crippen MR) is 133 cm³/mol. The largest absolute Gasteiger partial charge is 0.356 e. The second-order valence-electron chi connectivity index (χ2n) is 9.45. The average molecular weight is 464 g/mol. The van der Waals surface area contributed by atoms with Crippen LogP contribution in [0, 0.1) is 5.92 Å². The molecule has 0 aliphatic carbocycles. The zero-order valence-electron chi connectivity index (χ0n) is 20.0. The Morgan fingerprint density at radius 1 is 1.00 bits per heavy atom. The number of fused-ring (bicyclic) bond motifs is 1. The maximum atomic E-state index is 13.0. The van der Waals surface area contributed by atoms with Crippen molar-refractivity contribution in [2.24, 2.45) is 5.92 Å². The van der Waals surface area contributed by atoms with E-state index in [0.717, 1.165) is 58.5 Å². The van der Waals surface area contributed by atoms with Gasteiger partial charge in [0, 0.05) is 70.5 Å². The Hall–Kier alpha value is -2.77. The lowest BCUT2D eigenvalue weighted by atomic mass is 9.98. The van der Waals surface area contributed by atoms with Gasteiger partial charge in [0.25, 0.3) is 0 Å². The summed E-state index contributed by atoms with van der Waals surface area (Å²) < 4.78 is 0. The number of benzene rings is 1. The van der Waals surface area contributed by atoms with Crippen molar-refractivity contribution in [2.45, 2.75) is 45.2 Å². The minimum Gasteiger partial charge on any atom is -0.356 e. The van der Waals surface area contributed by atoms with E-state index in [1.807, 2.05) is 12.1 Å². The van der Waals surface area contributed by atoms with Gasteiger partial charge in [0.05, 0.1) is 0 Å². The standard InChI is InChI=1S/C27H37N5O2/c33-26-11-18-31(20-22-7-12-28-13-8-22)16-3-6-24(9-14-29-26)27(34)30-15-19-32-17-10-23-4-1-2-5-25(23)21-32/h1-2,4-5,7-8,12-13,24H,3,6,9-11,14-21H2,(H,29,33)(H,30,34). The summed E-state index contributed by atoms with van der Waals surface area (Å²) in [6.07, 6.45) is 7.64. The summed E-state index contributed by atoms with van der Waals surface area (Å²) >= 11 is 0. The number of aromatic nitrogens is 1. The van der Waals surface area contributed by atoms with E-state index < -0.39 is 0 Å². The first-order chi connectivity index (χ1) is 16.7. The molecular formula is C27H37N5O2. The van der Waals surface area contributed by atoms with Crippen LogP contribution in [0.2, 0.25) is 0 Å². The van der Waals surface area contributed by atoms with Crippen LogP contribution in [0.4, 0.5) is 0 Å². The molecular weight excluding hydrogens is 426 g/mol. The van der Waals surface area contributed by atoms with E-state index in [0.29, 0.717) is 25.9 Å². The number of carbonyl (C=O) groups excluding carboxylic acids is 2. The molecule has 2 aromatic rings. The zero-order chi connectivity index (χ0) is 23.6. The molecule has 7 nitrogen and oxygen atoms in total. The third-order valence-electron chi connectivity index (χ3n) is 6.96. The van der Waals surface area contributed by atoms with Gasteiger partial charge in [-0.1, -0.05) is 24.3 Å². The van der Waals surface area contributed by atoms with Crippen molar-refractivity contribution >= 4 is 11.8 Å². The van der Waals surface area contributed by atoms with E-state index in [1.165, 1.54) is 16.7 Å². The summed E-state index contributed by atoms with van der Waals surface area (Å²) in [7, 11) is 0. The molecule has 2 aliphatic heterocycles. The molecule has 182 valence electrons. The predicted octanol–water partition coefficient (Wildman–Crippen LogP) is 2.36. The Balaban J connectivity index is 1.25. The normalized spacial score (nSPS) is 20.6. The Morgan fingerprint density at radius 2 is 1.79 bits per heavy atom. The fourth-order valence-electron chi connectivity index (χ4n) is 4.94. The molecule has 0 radical (unpaired) electrons. The summed E-state index contributed by atoms with van der Waals surface area (Å²) in [5.41, 5.74) is 4.04. The van der Waals surface area contributed by atoms with Gasteiger partial charge in [-0.3, -0.25) is 24.4 Å². The molecule has 1 atom stereocenters. The fourth-order valence-corrected chi connectivity index (χ4v) is 4.94. The second-order valence-corrected chi connectivity index (χ2v) is 9.45. The van der Waals surface area contributed by atoms with Crippen molar-refractivity contribution < 1.29 is 9.59 Å². The van der Waals surface area contributed by atoms with Crippen LogP contribution in [0.15, 0.2) is 48.8 Å². The lowest BCUT2D eigenvalue weighted by Gasteiger charge is -2.29. The number of nitrogens with one attached hydrogen (secondary N) is 2. The van der Waals surface area contributed by atoms with Gasteiger partial charge >= 0.3 is 0 Å². The molecule has 0 bridgehead atoms. The van der Waals surface area contributed by atoms with E-state index in [2.05, 4.69) is 49.7 Å². The highest BCUT2D eigenvalue weighted by molar-refractivity contribution is 5.79. The van der Waals surface area contributed by atoms with Gasteiger partial charge in [-0.2, -0.15) is 0 Å².